The van der Waals surface area contributed by atoms with E-state index in [1.54, 1.807) is 13.8 Å². The molecule has 62 valence electrons. The molecule has 0 saturated heterocycles. The number of hydrogen-bond donors (Lipinski definition) is 0. The van der Waals surface area contributed by atoms with Crippen LogP contribution < -0.4 is 0 Å². The molecule has 3 nitrogen and oxygen atoms in total. The highest BCUT2D eigenvalue weighted by Gasteiger charge is 2.27. The number of rotatable bonds is 3. The van der Waals surface area contributed by atoms with Crippen LogP contribution in [0.5, 0.6) is 0 Å². The molecule has 11 heavy (non-hydrogen) atoms. The van der Waals surface area contributed by atoms with Gasteiger partial charge in [0.05, 0.1) is 18.6 Å². The van der Waals surface area contributed by atoms with Gasteiger partial charge in [0.25, 0.3) is 0 Å². The van der Waals surface area contributed by atoms with Gasteiger partial charge in [0.2, 0.25) is 0 Å². The molecule has 0 aliphatic heterocycles. The van der Waals surface area contributed by atoms with Gasteiger partial charge in [-0.3, -0.25) is 4.79 Å². The first-order chi connectivity index (χ1) is 5.04. The second-order valence-electron chi connectivity index (χ2n) is 3.03. The van der Waals surface area contributed by atoms with Crippen LogP contribution in [0, 0.1) is 16.7 Å². The molecule has 3 heteroatoms. The maximum Gasteiger partial charge on any atom is 0.311 e. The summed E-state index contributed by atoms with van der Waals surface area (Å²) in [5, 5.41) is 8.28. The Morgan fingerprint density at radius 1 is 1.64 bits per heavy atom. The Labute approximate surface area is 67.0 Å². The summed E-state index contributed by atoms with van der Waals surface area (Å²) in [5.74, 6) is -0.257. The van der Waals surface area contributed by atoms with Crippen molar-refractivity contribution in [2.75, 3.05) is 7.11 Å². The van der Waals surface area contributed by atoms with Gasteiger partial charge in [0.15, 0.2) is 0 Å². The van der Waals surface area contributed by atoms with Crippen molar-refractivity contribution in [2.24, 2.45) is 5.41 Å². The Morgan fingerprint density at radius 3 is 2.55 bits per heavy atom. The fraction of sp³-hybridized carbons (Fsp3) is 0.750. The van der Waals surface area contributed by atoms with E-state index < -0.39 is 5.41 Å². The quantitative estimate of drug-likeness (QED) is 0.580. The van der Waals surface area contributed by atoms with Gasteiger partial charge in [-0.05, 0) is 20.3 Å². The van der Waals surface area contributed by atoms with Crippen molar-refractivity contribution in [3.63, 3.8) is 0 Å². The Kier molecular flexibility index (Phi) is 3.59. The lowest BCUT2D eigenvalue weighted by Gasteiger charge is -2.19. The Hall–Kier alpha value is -1.04. The number of nitrogens with zero attached hydrogens (tertiary/aromatic N) is 1. The van der Waals surface area contributed by atoms with Gasteiger partial charge in [0.1, 0.15) is 0 Å². The van der Waals surface area contributed by atoms with Crippen LogP contribution >= 0.6 is 0 Å². The van der Waals surface area contributed by atoms with Crippen LogP contribution in [0.15, 0.2) is 0 Å². The summed E-state index contributed by atoms with van der Waals surface area (Å²) in [6.45, 7) is 3.55. The average Bonchev–Trinajstić information content (AvgIpc) is 1.99. The van der Waals surface area contributed by atoms with Crippen LogP contribution in [-0.4, -0.2) is 13.1 Å². The highest BCUT2D eigenvalue weighted by molar-refractivity contribution is 5.75. The van der Waals surface area contributed by atoms with E-state index in [2.05, 4.69) is 4.74 Å². The Morgan fingerprint density at radius 2 is 2.18 bits per heavy atom. The number of esters is 1. The van der Waals surface area contributed by atoms with E-state index in [9.17, 15) is 4.79 Å². The minimum Gasteiger partial charge on any atom is -0.469 e. The molecule has 0 bridgehead atoms. The lowest BCUT2D eigenvalue weighted by molar-refractivity contribution is -0.151. The first-order valence-electron chi connectivity index (χ1n) is 3.50. The summed E-state index contributed by atoms with van der Waals surface area (Å²) in [6.07, 6.45) is 0.943. The summed E-state index contributed by atoms with van der Waals surface area (Å²) in [4.78, 5) is 11.0. The van der Waals surface area contributed by atoms with Crippen molar-refractivity contribution in [1.29, 1.82) is 5.26 Å². The molecule has 0 aliphatic carbocycles. The van der Waals surface area contributed by atoms with Crippen LogP contribution in [0.4, 0.5) is 0 Å². The van der Waals surface area contributed by atoms with Crippen LogP contribution in [0.2, 0.25) is 0 Å². The maximum absolute atomic E-state index is 11.0. The molecule has 0 fully saturated rings. The summed E-state index contributed by atoms with van der Waals surface area (Å²) < 4.78 is 4.56. The predicted octanol–water partition coefficient (Wildman–Crippen LogP) is 1.49. The van der Waals surface area contributed by atoms with Crippen LogP contribution in [0.3, 0.4) is 0 Å². The molecule has 0 spiro atoms. The molecule has 0 amide bonds. The average molecular weight is 155 g/mol. The van der Waals surface area contributed by atoms with E-state index >= 15 is 0 Å². The summed E-state index contributed by atoms with van der Waals surface area (Å²) in [6, 6.07) is 1.99. The smallest absolute Gasteiger partial charge is 0.311 e. The first-order valence-corrected chi connectivity index (χ1v) is 3.50. The van der Waals surface area contributed by atoms with Crippen molar-refractivity contribution in [2.45, 2.75) is 26.7 Å². The molecule has 0 unspecified atom stereocenters. The van der Waals surface area contributed by atoms with Crippen LogP contribution in [-0.2, 0) is 9.53 Å². The summed E-state index contributed by atoms with van der Waals surface area (Å²) in [7, 11) is 1.36. The van der Waals surface area contributed by atoms with Crippen molar-refractivity contribution < 1.29 is 9.53 Å². The molecule has 0 rings (SSSR count). The van der Waals surface area contributed by atoms with Gasteiger partial charge in [-0.2, -0.15) is 5.26 Å². The molecule has 0 N–H and O–H groups in total. The van der Waals surface area contributed by atoms with E-state index in [1.165, 1.54) is 7.11 Å². The highest BCUT2D eigenvalue weighted by Crippen LogP contribution is 2.23. The standard InChI is InChI=1S/C8H13NO2/c1-8(2,5-4-6-9)7(10)11-3/h4-5H2,1-3H3. The third-order valence-electron chi connectivity index (χ3n) is 1.60. The minimum atomic E-state index is -0.523. The number of nitriles is 1. The number of hydrogen-bond acceptors (Lipinski definition) is 3. The molecular formula is C8H13NO2. The van der Waals surface area contributed by atoms with Gasteiger partial charge < -0.3 is 4.74 Å². The normalized spacial score (nSPS) is 10.4. The van der Waals surface area contributed by atoms with E-state index in [1.807, 2.05) is 6.07 Å². The topological polar surface area (TPSA) is 50.1 Å². The lowest BCUT2D eigenvalue weighted by Crippen LogP contribution is -2.25. The molecule has 0 aromatic carbocycles. The zero-order valence-electron chi connectivity index (χ0n) is 7.18. The van der Waals surface area contributed by atoms with Crippen LogP contribution in [0.25, 0.3) is 0 Å². The highest BCUT2D eigenvalue weighted by atomic mass is 16.5. The number of methoxy groups -OCH3 is 1. The van der Waals surface area contributed by atoms with Crippen molar-refractivity contribution in [1.82, 2.24) is 0 Å². The van der Waals surface area contributed by atoms with Crippen molar-refractivity contribution >= 4 is 5.97 Å². The van der Waals surface area contributed by atoms with Gasteiger partial charge in [0, 0.05) is 6.42 Å². The van der Waals surface area contributed by atoms with Gasteiger partial charge >= 0.3 is 5.97 Å². The number of ether oxygens (including phenoxy) is 1. The van der Waals surface area contributed by atoms with Gasteiger partial charge in [-0.25, -0.2) is 0 Å². The third-order valence-corrected chi connectivity index (χ3v) is 1.60. The van der Waals surface area contributed by atoms with Gasteiger partial charge in [-0.1, -0.05) is 0 Å². The second-order valence-corrected chi connectivity index (χ2v) is 3.03. The summed E-state index contributed by atoms with van der Waals surface area (Å²) in [5.41, 5.74) is -0.523. The molecule has 0 atom stereocenters. The van der Waals surface area contributed by atoms with Crippen molar-refractivity contribution in [3.8, 4) is 6.07 Å². The van der Waals surface area contributed by atoms with Gasteiger partial charge in [-0.15, -0.1) is 0 Å². The molecular weight excluding hydrogens is 142 g/mol. The van der Waals surface area contributed by atoms with E-state index in [0.717, 1.165) is 0 Å². The second kappa shape index (κ2) is 3.97. The fourth-order valence-electron chi connectivity index (χ4n) is 0.747. The zero-order valence-corrected chi connectivity index (χ0v) is 7.18. The monoisotopic (exact) mass is 155 g/mol. The Balaban J connectivity index is 4.01. The fourth-order valence-corrected chi connectivity index (χ4v) is 0.747. The maximum atomic E-state index is 11.0. The molecule has 0 aromatic heterocycles. The molecule has 0 saturated carbocycles. The largest absolute Gasteiger partial charge is 0.469 e. The van der Waals surface area contributed by atoms with Crippen LogP contribution in [0.1, 0.15) is 26.7 Å². The molecule has 0 aliphatic rings. The molecule has 0 radical (unpaired) electrons. The summed E-state index contributed by atoms with van der Waals surface area (Å²) >= 11 is 0. The molecule has 0 heterocycles. The van der Waals surface area contributed by atoms with E-state index in [4.69, 9.17) is 5.26 Å². The third kappa shape index (κ3) is 3.03. The Bertz CT molecular complexity index is 179. The number of carbonyl (C=O) groups excluding carboxylic acids is 1. The first kappa shape index (κ1) is 9.96. The number of carbonyl (C=O) groups is 1. The SMILES string of the molecule is COC(=O)C(C)(C)CCC#N. The van der Waals surface area contributed by atoms with Crippen molar-refractivity contribution in [3.05, 3.63) is 0 Å². The minimum absolute atomic E-state index is 0.257. The van der Waals surface area contributed by atoms with E-state index in [0.29, 0.717) is 12.8 Å². The zero-order chi connectivity index (χ0) is 8.91. The predicted molar refractivity (Wildman–Crippen MR) is 40.6 cm³/mol. The molecule has 0 aromatic rings. The lowest BCUT2D eigenvalue weighted by atomic mass is 9.88. The van der Waals surface area contributed by atoms with E-state index in [-0.39, 0.29) is 5.97 Å².